The predicted octanol–water partition coefficient (Wildman–Crippen LogP) is 27.0. The summed E-state index contributed by atoms with van der Waals surface area (Å²) < 4.78 is 38.8. The lowest BCUT2D eigenvalue weighted by Gasteiger charge is -2.11. The van der Waals surface area contributed by atoms with E-state index in [9.17, 15) is 0 Å². The molecule has 0 amide bonds. The number of thiazole rings is 1. The van der Waals surface area contributed by atoms with Crippen LogP contribution in [-0.2, 0) is 42.8 Å². The maximum atomic E-state index is 4.98. The van der Waals surface area contributed by atoms with Crippen LogP contribution in [0.3, 0.4) is 0 Å². The second-order valence-corrected chi connectivity index (χ2v) is 46.1. The molecule has 0 unspecified atom stereocenters. The minimum atomic E-state index is -0.0174. The summed E-state index contributed by atoms with van der Waals surface area (Å²) in [5.41, 5.74) is 9.44. The van der Waals surface area contributed by atoms with Crippen molar-refractivity contribution in [1.82, 2.24) is 107 Å². The summed E-state index contributed by atoms with van der Waals surface area (Å²) in [6, 6.07) is 5.52. The average molecular weight is 1760 g/mol. The smallest absolute Gasteiger partial charge is 0.221 e. The van der Waals surface area contributed by atoms with Gasteiger partial charge in [-0.05, 0) is 101 Å². The number of nitrogens with zero attached hydrogens (tertiary/aromatic N) is 22. The van der Waals surface area contributed by atoms with Gasteiger partial charge in [0.1, 0.15) is 53.4 Å². The molecule has 0 aliphatic carbocycles. The van der Waals surface area contributed by atoms with Crippen LogP contribution in [0.25, 0.3) is 0 Å². The quantitative estimate of drug-likeness (QED) is 0.136. The third-order valence-electron chi connectivity index (χ3n) is 7.49. The first-order valence-electron chi connectivity index (χ1n) is 39.2. The Morgan fingerprint density at radius 1 is 0.361 bits per heavy atom. The molecule has 0 N–H and O–H groups in total. The van der Waals surface area contributed by atoms with Gasteiger partial charge in [0, 0.05) is 102 Å². The Kier molecular flexibility index (Phi) is 73.2. The zero-order chi connectivity index (χ0) is 94.5. The predicted molar refractivity (Wildman–Crippen MR) is 507 cm³/mol. The molecule has 0 aliphatic heterocycles. The first kappa shape index (κ1) is 127. The molecule has 12 rings (SSSR count). The second kappa shape index (κ2) is 68.7. The summed E-state index contributed by atoms with van der Waals surface area (Å²) in [4.78, 5) is 26.4. The molecule has 0 saturated heterocycles. The van der Waals surface area contributed by atoms with Gasteiger partial charge >= 0.3 is 0 Å². The molecule has 31 heteroatoms. The van der Waals surface area contributed by atoms with Gasteiger partial charge in [0.15, 0.2) is 12.2 Å². The van der Waals surface area contributed by atoms with Crippen LogP contribution in [0.15, 0.2) is 170 Å². The molecular weight excluding hydrogens is 1590 g/mol. The Bertz CT molecular complexity index is 3030. The highest BCUT2D eigenvalue weighted by molar-refractivity contribution is 7.07. The minimum Gasteiger partial charge on any atom is -0.452 e. The summed E-state index contributed by atoms with van der Waals surface area (Å²) in [6.07, 6.45) is 27.5. The van der Waals surface area contributed by atoms with Crippen molar-refractivity contribution in [3.05, 3.63) is 175 Å². The fourth-order valence-electron chi connectivity index (χ4n) is 3.70. The van der Waals surface area contributed by atoms with Crippen molar-refractivity contribution in [2.45, 2.75) is 326 Å². The van der Waals surface area contributed by atoms with Gasteiger partial charge in [-0.2, -0.15) is 23.9 Å². The molecular formula is C88H166N22O4S5. The monoisotopic (exact) mass is 1760 g/mol. The van der Waals surface area contributed by atoms with E-state index < -0.39 is 0 Å². The number of rotatable bonds is 0. The number of hydrogen-bond acceptors (Lipinski definition) is 28. The normalized spacial score (nSPS) is 10.6. The molecule has 0 aromatic carbocycles. The van der Waals surface area contributed by atoms with Crippen LogP contribution in [0.5, 0.6) is 0 Å². The molecule has 26 nitrogen and oxygen atoms in total. The number of aromatic nitrogens is 22. The van der Waals surface area contributed by atoms with E-state index in [-0.39, 0.29) is 21.7 Å². The molecule has 0 bridgehead atoms. The number of aryl methyl sites for hydroxylation is 3. The SMILES string of the molecule is CC(C)(C)C.CC(C)(C)C.CC(C)(C)C.CC(C)(C)C.CC(C)(C)C.CC(C)(C)C.CC(C)(C)C.CC(C)(C)C.CC(C)(C)c1ncon1.CC(C)(C)c1ncsn1.CC(C)(C)c1nnco1.CC(C)(C)c1nnns1.Cn1cccn1.Cn1ccnc1.Cn1cncn1.c1cnoc1.c1cnsc1.c1cocn1.c1cscn1.c1ncsn1. The summed E-state index contributed by atoms with van der Waals surface area (Å²) >= 11 is 7.18. The van der Waals surface area contributed by atoms with E-state index in [0.29, 0.717) is 49.2 Å². The van der Waals surface area contributed by atoms with Crippen LogP contribution in [0.4, 0.5) is 0 Å². The third kappa shape index (κ3) is 159. The van der Waals surface area contributed by atoms with Crippen molar-refractivity contribution in [2.75, 3.05) is 0 Å². The van der Waals surface area contributed by atoms with E-state index in [1.54, 1.807) is 93.1 Å². The molecule has 682 valence electrons. The first-order valence-corrected chi connectivity index (χ1v) is 43.5. The van der Waals surface area contributed by atoms with Crippen molar-refractivity contribution >= 4 is 57.5 Å². The number of hydrogen-bond donors (Lipinski definition) is 0. The van der Waals surface area contributed by atoms with Crippen molar-refractivity contribution in [2.24, 2.45) is 64.5 Å². The highest BCUT2D eigenvalue weighted by Gasteiger charge is 2.20. The highest BCUT2D eigenvalue weighted by Crippen LogP contribution is 2.22. The maximum Gasteiger partial charge on any atom is 0.221 e. The van der Waals surface area contributed by atoms with Crippen molar-refractivity contribution in [3.63, 3.8) is 0 Å². The maximum absolute atomic E-state index is 4.98. The minimum absolute atomic E-state index is 0.00694. The van der Waals surface area contributed by atoms with Gasteiger partial charge in [-0.25, -0.2) is 29.3 Å². The molecule has 119 heavy (non-hydrogen) atoms. The van der Waals surface area contributed by atoms with Gasteiger partial charge in [0.05, 0.1) is 24.2 Å². The summed E-state index contributed by atoms with van der Waals surface area (Å²) in [5, 5.41) is 34.1. The van der Waals surface area contributed by atoms with Crippen molar-refractivity contribution in [1.29, 1.82) is 0 Å². The van der Waals surface area contributed by atoms with Crippen LogP contribution in [-0.4, -0.2) is 107 Å². The molecule has 12 aromatic heterocycles. The Hall–Kier alpha value is -7.87. The fourth-order valence-corrected chi connectivity index (χ4v) is 5.79. The number of imidazole rings is 1. The van der Waals surface area contributed by atoms with Gasteiger partial charge in [0.2, 0.25) is 18.7 Å². The van der Waals surface area contributed by atoms with E-state index >= 15 is 0 Å². The molecule has 12 heterocycles. The summed E-state index contributed by atoms with van der Waals surface area (Å²) in [5.74, 6) is 2.37. The average Bonchev–Trinajstić information content (AvgIpc) is 1.79. The van der Waals surface area contributed by atoms with Crippen LogP contribution < -0.4 is 0 Å². The molecule has 0 atom stereocenters. The summed E-state index contributed by atoms with van der Waals surface area (Å²) in [7, 11) is 5.65. The third-order valence-corrected chi connectivity index (χ3v) is 10.5. The fraction of sp³-hybridized carbons (Fsp3) is 0.670. The van der Waals surface area contributed by atoms with Crippen LogP contribution >= 0.6 is 57.5 Å². The second-order valence-electron chi connectivity index (χ2n) is 42.7. The molecule has 12 aromatic rings. The van der Waals surface area contributed by atoms with Gasteiger partial charge in [-0.15, -0.1) is 26.6 Å². The lowest BCUT2D eigenvalue weighted by Crippen LogP contribution is -2.12. The van der Waals surface area contributed by atoms with E-state index in [1.165, 1.54) is 90.5 Å². The van der Waals surface area contributed by atoms with Gasteiger partial charge < -0.3 is 22.4 Å². The Morgan fingerprint density at radius 3 is 1.03 bits per heavy atom. The topological polar surface area (TPSA) is 312 Å². The highest BCUT2D eigenvalue weighted by atomic mass is 32.1. The van der Waals surface area contributed by atoms with Gasteiger partial charge in [0.25, 0.3) is 0 Å². The molecule has 0 saturated carbocycles. The van der Waals surface area contributed by atoms with Gasteiger partial charge in [-0.3, -0.25) is 14.3 Å². The lowest BCUT2D eigenvalue weighted by molar-refractivity contribution is 0.392. The van der Waals surface area contributed by atoms with E-state index in [2.05, 4.69) is 370 Å². The summed E-state index contributed by atoms with van der Waals surface area (Å²) in [6.45, 7) is 94.8. The number of oxazole rings is 1. The van der Waals surface area contributed by atoms with Crippen LogP contribution in [0.1, 0.15) is 327 Å². The standard InChI is InChI=1S/2C6H10N2O.C6H10N2S.C5H9N3S.8C5H12.2C4H6N2.C3H5N3.2C3H3NO.2C3H3NS.C2H2N2S/c1-6(2,3)5-8-7-4-9-5;2*1-6(2,3)5-7-4-9-8-5;1-5(2,3)4-6-7-8-9-4;8*1-5(2,3)4;1-6-3-2-5-4-6;1-6-4-2-3-5-6;1-6-3-4-2-5-6;1-2-5-3-4-1;1-2-4-5-3-1;1-2-5-3-4-1;1-2-4-5-3-1;1-3-2-5-4-1/h3*4H,1-3H3;1-3H3;8*1-4H3;2*2-4H,1H3;2-3H,1H3;4*1-3H;1-2H. The van der Waals surface area contributed by atoms with E-state index in [1.807, 2.05) is 103 Å². The Morgan fingerprint density at radius 2 is 0.891 bits per heavy atom. The lowest BCUT2D eigenvalue weighted by atomic mass is 9.96. The zero-order valence-corrected chi connectivity index (χ0v) is 87.0. The first-order chi connectivity index (χ1) is 53.6. The van der Waals surface area contributed by atoms with Crippen LogP contribution in [0.2, 0.25) is 0 Å². The van der Waals surface area contributed by atoms with E-state index in [4.69, 9.17) is 4.42 Å². The Balaban J connectivity index is -0.000000183. The molecule has 0 aliphatic rings. The zero-order valence-electron chi connectivity index (χ0n) is 82.9. The van der Waals surface area contributed by atoms with Crippen LogP contribution in [0, 0.1) is 43.3 Å². The van der Waals surface area contributed by atoms with Gasteiger partial charge in [-0.1, -0.05) is 319 Å². The molecule has 0 fully saturated rings. The Labute approximate surface area is 743 Å². The van der Waals surface area contributed by atoms with Crippen molar-refractivity contribution in [3.8, 4) is 0 Å². The molecule has 0 radical (unpaired) electrons. The van der Waals surface area contributed by atoms with E-state index in [0.717, 1.165) is 16.7 Å². The largest absolute Gasteiger partial charge is 0.452 e. The molecule has 0 spiro atoms. The van der Waals surface area contributed by atoms with Crippen molar-refractivity contribution < 1.29 is 17.9 Å².